The first-order valence-electron chi connectivity index (χ1n) is 10.7. The molecule has 1 aliphatic heterocycles. The Kier molecular flexibility index (Phi) is 7.02. The number of nitrogens with zero attached hydrogens (tertiary/aromatic N) is 1. The number of hydrogen-bond donors (Lipinski definition) is 2. The van der Waals surface area contributed by atoms with Gasteiger partial charge >= 0.3 is 0 Å². The number of hydrogen-bond acceptors (Lipinski definition) is 6. The van der Waals surface area contributed by atoms with E-state index in [1.54, 1.807) is 20.8 Å². The molecule has 3 rings (SSSR count). The third-order valence-electron chi connectivity index (χ3n) is 6.07. The second kappa shape index (κ2) is 9.07. The minimum Gasteiger partial charge on any atom is -0.369 e. The number of benzene rings is 1. The molecule has 1 saturated heterocycles. The standard InChI is InChI=1S/C21H33N3O5S2/c1-21(2,3)31(28,29)23-18-6-4-16(5-7-18)20(25)22-17-8-10-19(11-9-17)24-12-14-30(26,27)15-13-24/h8-11,16,18,23H,4-7,12-15H2,1-3H3,(H,22,25). The van der Waals surface area contributed by atoms with Crippen LogP contribution in [0.5, 0.6) is 0 Å². The van der Waals surface area contributed by atoms with Crippen LogP contribution in [-0.4, -0.2) is 58.1 Å². The van der Waals surface area contributed by atoms with E-state index in [9.17, 15) is 21.6 Å². The van der Waals surface area contributed by atoms with Crippen molar-refractivity contribution in [2.75, 3.05) is 34.8 Å². The van der Waals surface area contributed by atoms with Gasteiger partial charge in [0.2, 0.25) is 15.9 Å². The van der Waals surface area contributed by atoms with Crippen molar-refractivity contribution in [3.8, 4) is 0 Å². The highest BCUT2D eigenvalue weighted by atomic mass is 32.2. The summed E-state index contributed by atoms with van der Waals surface area (Å²) in [7, 11) is -6.31. The quantitative estimate of drug-likeness (QED) is 0.680. The summed E-state index contributed by atoms with van der Waals surface area (Å²) >= 11 is 0. The Balaban J connectivity index is 1.49. The molecule has 2 N–H and O–H groups in total. The number of anilines is 2. The van der Waals surface area contributed by atoms with Crippen LogP contribution in [-0.2, 0) is 24.7 Å². The Morgan fingerprint density at radius 3 is 2.06 bits per heavy atom. The van der Waals surface area contributed by atoms with Gasteiger partial charge < -0.3 is 10.2 Å². The molecule has 0 aromatic heterocycles. The van der Waals surface area contributed by atoms with E-state index in [1.165, 1.54) is 0 Å². The van der Waals surface area contributed by atoms with Crippen LogP contribution in [0.25, 0.3) is 0 Å². The van der Waals surface area contributed by atoms with Crippen LogP contribution in [0.4, 0.5) is 11.4 Å². The Morgan fingerprint density at radius 1 is 1.00 bits per heavy atom. The molecule has 2 fully saturated rings. The topological polar surface area (TPSA) is 113 Å². The average molecular weight is 472 g/mol. The third-order valence-corrected chi connectivity index (χ3v) is 9.94. The number of amides is 1. The molecule has 1 amide bonds. The van der Waals surface area contributed by atoms with Crippen LogP contribution >= 0.6 is 0 Å². The number of carbonyl (C=O) groups excluding carboxylic acids is 1. The summed E-state index contributed by atoms with van der Waals surface area (Å²) in [5, 5.41) is 2.95. The molecule has 2 aliphatic rings. The molecule has 1 aliphatic carbocycles. The van der Waals surface area contributed by atoms with Gasteiger partial charge in [0.05, 0.1) is 16.3 Å². The van der Waals surface area contributed by atoms with E-state index in [4.69, 9.17) is 0 Å². The van der Waals surface area contributed by atoms with Gasteiger partial charge in [-0.15, -0.1) is 0 Å². The van der Waals surface area contributed by atoms with Crippen molar-refractivity contribution in [3.63, 3.8) is 0 Å². The summed E-state index contributed by atoms with van der Waals surface area (Å²) < 4.78 is 49.7. The molecule has 1 saturated carbocycles. The van der Waals surface area contributed by atoms with Crippen molar-refractivity contribution in [2.24, 2.45) is 5.92 Å². The van der Waals surface area contributed by atoms with Gasteiger partial charge in [0.15, 0.2) is 9.84 Å². The number of sulfonamides is 1. The number of sulfone groups is 1. The molecule has 1 aromatic carbocycles. The van der Waals surface area contributed by atoms with Crippen molar-refractivity contribution < 1.29 is 21.6 Å². The average Bonchev–Trinajstić information content (AvgIpc) is 2.68. The molecule has 0 radical (unpaired) electrons. The van der Waals surface area contributed by atoms with Gasteiger partial charge in [0, 0.05) is 36.4 Å². The molecule has 31 heavy (non-hydrogen) atoms. The van der Waals surface area contributed by atoms with Crippen molar-refractivity contribution in [1.29, 1.82) is 0 Å². The number of nitrogens with one attached hydrogen (secondary N) is 2. The van der Waals surface area contributed by atoms with Gasteiger partial charge in [-0.2, -0.15) is 0 Å². The minimum absolute atomic E-state index is 0.0473. The SMILES string of the molecule is CC(C)(C)S(=O)(=O)NC1CCC(C(=O)Nc2ccc(N3CCS(=O)(=O)CC3)cc2)CC1. The largest absolute Gasteiger partial charge is 0.369 e. The highest BCUT2D eigenvalue weighted by Gasteiger charge is 2.34. The summed E-state index contributed by atoms with van der Waals surface area (Å²) in [5.41, 5.74) is 1.65. The van der Waals surface area contributed by atoms with Gasteiger partial charge in [-0.1, -0.05) is 0 Å². The van der Waals surface area contributed by atoms with E-state index in [2.05, 4.69) is 10.0 Å². The van der Waals surface area contributed by atoms with E-state index in [0.29, 0.717) is 44.5 Å². The lowest BCUT2D eigenvalue weighted by atomic mass is 9.86. The van der Waals surface area contributed by atoms with Crippen LogP contribution in [0.3, 0.4) is 0 Å². The van der Waals surface area contributed by atoms with E-state index in [1.807, 2.05) is 29.2 Å². The van der Waals surface area contributed by atoms with Crippen molar-refractivity contribution in [1.82, 2.24) is 4.72 Å². The molecule has 0 spiro atoms. The number of rotatable bonds is 5. The Morgan fingerprint density at radius 2 is 1.55 bits per heavy atom. The Hall–Kier alpha value is -1.65. The minimum atomic E-state index is -3.39. The normalized spacial score (nSPS) is 24.5. The van der Waals surface area contributed by atoms with E-state index in [0.717, 1.165) is 5.69 Å². The highest BCUT2D eigenvalue weighted by molar-refractivity contribution is 7.91. The first-order chi connectivity index (χ1) is 14.4. The maximum atomic E-state index is 12.6. The lowest BCUT2D eigenvalue weighted by Gasteiger charge is -2.31. The Bertz CT molecular complexity index is 976. The third kappa shape index (κ3) is 6.20. The van der Waals surface area contributed by atoms with E-state index < -0.39 is 24.6 Å². The molecule has 1 heterocycles. The van der Waals surface area contributed by atoms with Crippen LogP contribution in [0.2, 0.25) is 0 Å². The summed E-state index contributed by atoms with van der Waals surface area (Å²) in [4.78, 5) is 14.7. The zero-order chi connectivity index (χ0) is 22.9. The molecule has 8 nitrogen and oxygen atoms in total. The molecule has 0 bridgehead atoms. The fraction of sp³-hybridized carbons (Fsp3) is 0.667. The predicted molar refractivity (Wildman–Crippen MR) is 123 cm³/mol. The molecule has 10 heteroatoms. The van der Waals surface area contributed by atoms with Gasteiger partial charge in [0.25, 0.3) is 0 Å². The van der Waals surface area contributed by atoms with E-state index in [-0.39, 0.29) is 29.4 Å². The van der Waals surface area contributed by atoms with Gasteiger partial charge in [-0.25, -0.2) is 21.6 Å². The summed E-state index contributed by atoms with van der Waals surface area (Å²) in [6.07, 6.45) is 2.57. The van der Waals surface area contributed by atoms with Crippen molar-refractivity contribution in [2.45, 2.75) is 57.2 Å². The van der Waals surface area contributed by atoms with Crippen molar-refractivity contribution >= 4 is 37.1 Å². The zero-order valence-corrected chi connectivity index (χ0v) is 20.1. The summed E-state index contributed by atoms with van der Waals surface area (Å²) in [6, 6.07) is 7.33. The fourth-order valence-electron chi connectivity index (χ4n) is 3.84. The molecule has 1 aromatic rings. The predicted octanol–water partition coefficient (Wildman–Crippen LogP) is 2.14. The first kappa shape index (κ1) is 24.0. The van der Waals surface area contributed by atoms with Crippen molar-refractivity contribution in [3.05, 3.63) is 24.3 Å². The monoisotopic (exact) mass is 471 g/mol. The lowest BCUT2D eigenvalue weighted by Crippen LogP contribution is -2.46. The second-order valence-corrected chi connectivity index (χ2v) is 14.2. The highest BCUT2D eigenvalue weighted by Crippen LogP contribution is 2.28. The van der Waals surface area contributed by atoms with Crippen LogP contribution in [0.15, 0.2) is 24.3 Å². The first-order valence-corrected chi connectivity index (χ1v) is 14.0. The number of carbonyl (C=O) groups is 1. The van der Waals surface area contributed by atoms with Crippen LogP contribution in [0.1, 0.15) is 46.5 Å². The lowest BCUT2D eigenvalue weighted by molar-refractivity contribution is -0.120. The second-order valence-electron chi connectivity index (χ2n) is 9.46. The molecule has 0 unspecified atom stereocenters. The summed E-state index contributed by atoms with van der Waals surface area (Å²) in [5.74, 6) is 0.150. The smallest absolute Gasteiger partial charge is 0.227 e. The summed E-state index contributed by atoms with van der Waals surface area (Å²) in [6.45, 7) is 5.99. The fourth-order valence-corrected chi connectivity index (χ4v) is 6.07. The molecular weight excluding hydrogens is 438 g/mol. The Labute approximate surface area is 185 Å². The maximum absolute atomic E-state index is 12.6. The van der Waals surface area contributed by atoms with Crippen LogP contribution in [0, 0.1) is 5.92 Å². The van der Waals surface area contributed by atoms with E-state index >= 15 is 0 Å². The van der Waals surface area contributed by atoms with Gasteiger partial charge in [0.1, 0.15) is 0 Å². The van der Waals surface area contributed by atoms with Gasteiger partial charge in [-0.3, -0.25) is 4.79 Å². The van der Waals surface area contributed by atoms with Gasteiger partial charge in [-0.05, 0) is 70.7 Å². The molecule has 174 valence electrons. The maximum Gasteiger partial charge on any atom is 0.227 e. The van der Waals surface area contributed by atoms with Crippen LogP contribution < -0.4 is 14.9 Å². The molecular formula is C21H33N3O5S2. The zero-order valence-electron chi connectivity index (χ0n) is 18.4. The molecule has 0 atom stereocenters.